The van der Waals surface area contributed by atoms with Crippen LogP contribution < -0.4 is 5.32 Å². The zero-order valence-electron chi connectivity index (χ0n) is 10.1. The van der Waals surface area contributed by atoms with Gasteiger partial charge in [0.05, 0.1) is 0 Å². The van der Waals surface area contributed by atoms with Gasteiger partial charge >= 0.3 is 6.18 Å². The van der Waals surface area contributed by atoms with E-state index in [1.54, 1.807) is 7.11 Å². The molecule has 1 atom stereocenters. The molecule has 0 spiro atoms. The SMILES string of the molecule is COCCCCNC(C)CCCC(F)(F)F. The Balaban J connectivity index is 3.28. The molecule has 5 heteroatoms. The van der Waals surface area contributed by atoms with Gasteiger partial charge in [0.2, 0.25) is 0 Å². The van der Waals surface area contributed by atoms with Gasteiger partial charge in [-0.25, -0.2) is 0 Å². The van der Waals surface area contributed by atoms with Gasteiger partial charge in [0.15, 0.2) is 0 Å². The molecule has 16 heavy (non-hydrogen) atoms. The highest BCUT2D eigenvalue weighted by atomic mass is 19.4. The maximum atomic E-state index is 11.9. The number of hydrogen-bond acceptors (Lipinski definition) is 2. The van der Waals surface area contributed by atoms with Crippen molar-refractivity contribution in [1.82, 2.24) is 5.32 Å². The molecule has 0 amide bonds. The molecule has 98 valence electrons. The van der Waals surface area contributed by atoms with Crippen LogP contribution in [0.5, 0.6) is 0 Å². The predicted octanol–water partition coefficient (Wildman–Crippen LogP) is 3.12. The Labute approximate surface area is 95.5 Å². The fourth-order valence-electron chi connectivity index (χ4n) is 1.43. The average Bonchev–Trinajstić information content (AvgIpc) is 2.15. The van der Waals surface area contributed by atoms with E-state index in [0.29, 0.717) is 6.42 Å². The Morgan fingerprint density at radius 3 is 2.44 bits per heavy atom. The molecule has 0 saturated heterocycles. The predicted molar refractivity (Wildman–Crippen MR) is 58.5 cm³/mol. The van der Waals surface area contributed by atoms with Crippen LogP contribution in [0.3, 0.4) is 0 Å². The quantitative estimate of drug-likeness (QED) is 0.626. The highest BCUT2D eigenvalue weighted by Crippen LogP contribution is 2.22. The van der Waals surface area contributed by atoms with Crippen LogP contribution in [0.25, 0.3) is 0 Å². The molecule has 2 nitrogen and oxygen atoms in total. The largest absolute Gasteiger partial charge is 0.389 e. The van der Waals surface area contributed by atoms with Gasteiger partial charge in [0, 0.05) is 26.2 Å². The van der Waals surface area contributed by atoms with Gasteiger partial charge in [0.1, 0.15) is 0 Å². The molecule has 0 saturated carbocycles. The molecule has 0 aromatic rings. The molecule has 0 aliphatic rings. The van der Waals surface area contributed by atoms with Gasteiger partial charge < -0.3 is 10.1 Å². The normalized spacial score (nSPS) is 14.1. The first kappa shape index (κ1) is 15.7. The molecule has 0 aliphatic heterocycles. The van der Waals surface area contributed by atoms with Crippen molar-refractivity contribution in [2.75, 3.05) is 20.3 Å². The summed E-state index contributed by atoms with van der Waals surface area (Å²) in [6, 6.07) is 0.157. The lowest BCUT2D eigenvalue weighted by atomic mass is 10.1. The Hall–Kier alpha value is -0.290. The van der Waals surface area contributed by atoms with E-state index in [0.717, 1.165) is 26.0 Å². The first-order valence-electron chi connectivity index (χ1n) is 5.75. The van der Waals surface area contributed by atoms with Gasteiger partial charge in [0.25, 0.3) is 0 Å². The van der Waals surface area contributed by atoms with Crippen molar-refractivity contribution in [3.63, 3.8) is 0 Å². The molecule has 1 N–H and O–H groups in total. The number of alkyl halides is 3. The first-order chi connectivity index (χ1) is 7.45. The summed E-state index contributed by atoms with van der Waals surface area (Å²) in [5.41, 5.74) is 0. The van der Waals surface area contributed by atoms with Gasteiger partial charge in [-0.05, 0) is 39.2 Å². The molecular weight excluding hydrogens is 219 g/mol. The summed E-state index contributed by atoms with van der Waals surface area (Å²) in [7, 11) is 1.66. The third kappa shape index (κ3) is 11.8. The maximum absolute atomic E-state index is 11.9. The third-order valence-corrected chi connectivity index (χ3v) is 2.37. The Kier molecular flexibility index (Phi) is 8.66. The smallest absolute Gasteiger partial charge is 0.385 e. The van der Waals surface area contributed by atoms with E-state index >= 15 is 0 Å². The van der Waals surface area contributed by atoms with Crippen molar-refractivity contribution in [3.8, 4) is 0 Å². The number of rotatable bonds is 9. The van der Waals surface area contributed by atoms with Crippen molar-refractivity contribution in [1.29, 1.82) is 0 Å². The highest BCUT2D eigenvalue weighted by Gasteiger charge is 2.26. The molecule has 0 bridgehead atoms. The molecule has 0 heterocycles. The van der Waals surface area contributed by atoms with E-state index in [9.17, 15) is 13.2 Å². The molecule has 1 unspecified atom stereocenters. The second-order valence-corrected chi connectivity index (χ2v) is 4.06. The van der Waals surface area contributed by atoms with Crippen molar-refractivity contribution in [3.05, 3.63) is 0 Å². The fraction of sp³-hybridized carbons (Fsp3) is 1.00. The maximum Gasteiger partial charge on any atom is 0.389 e. The van der Waals surface area contributed by atoms with Crippen LogP contribution in [-0.2, 0) is 4.74 Å². The van der Waals surface area contributed by atoms with E-state index in [2.05, 4.69) is 5.32 Å². The summed E-state index contributed by atoms with van der Waals surface area (Å²) < 4.78 is 40.5. The van der Waals surface area contributed by atoms with Crippen LogP contribution >= 0.6 is 0 Å². The highest BCUT2D eigenvalue weighted by molar-refractivity contribution is 4.62. The number of halogens is 3. The summed E-state index contributed by atoms with van der Waals surface area (Å²) in [5.74, 6) is 0. The lowest BCUT2D eigenvalue weighted by Gasteiger charge is -2.14. The van der Waals surface area contributed by atoms with E-state index in [1.807, 2.05) is 6.92 Å². The lowest BCUT2D eigenvalue weighted by Crippen LogP contribution is -2.27. The minimum absolute atomic E-state index is 0.157. The molecular formula is C11H22F3NO. The summed E-state index contributed by atoms with van der Waals surface area (Å²) in [6.45, 7) is 3.51. The second-order valence-electron chi connectivity index (χ2n) is 4.06. The Morgan fingerprint density at radius 2 is 1.88 bits per heavy atom. The van der Waals surface area contributed by atoms with Crippen LogP contribution in [0.15, 0.2) is 0 Å². The van der Waals surface area contributed by atoms with E-state index in [1.165, 1.54) is 0 Å². The molecule has 0 aromatic carbocycles. The van der Waals surface area contributed by atoms with Crippen LogP contribution in [0.2, 0.25) is 0 Å². The Bertz CT molecular complexity index is 162. The summed E-state index contributed by atoms with van der Waals surface area (Å²) in [6.07, 6.45) is -1.93. The zero-order valence-corrected chi connectivity index (χ0v) is 10.1. The van der Waals surface area contributed by atoms with Gasteiger partial charge in [-0.2, -0.15) is 13.2 Å². The van der Waals surface area contributed by atoms with Gasteiger partial charge in [-0.15, -0.1) is 0 Å². The van der Waals surface area contributed by atoms with E-state index in [-0.39, 0.29) is 12.5 Å². The summed E-state index contributed by atoms with van der Waals surface area (Å²) in [5, 5.41) is 3.20. The molecule has 0 aliphatic carbocycles. The third-order valence-electron chi connectivity index (χ3n) is 2.37. The number of nitrogens with one attached hydrogen (secondary N) is 1. The van der Waals surface area contributed by atoms with Crippen molar-refractivity contribution >= 4 is 0 Å². The topological polar surface area (TPSA) is 21.3 Å². The average molecular weight is 241 g/mol. The standard InChI is InChI=1S/C11H22F3NO/c1-10(6-5-7-11(12,13)14)15-8-3-4-9-16-2/h10,15H,3-9H2,1-2H3. The van der Waals surface area contributed by atoms with Crippen molar-refractivity contribution in [2.24, 2.45) is 0 Å². The molecule has 0 radical (unpaired) electrons. The monoisotopic (exact) mass is 241 g/mol. The number of unbranched alkanes of at least 4 members (excludes halogenated alkanes) is 1. The molecule has 0 fully saturated rings. The molecule has 0 aromatic heterocycles. The van der Waals surface area contributed by atoms with Crippen LogP contribution in [0.4, 0.5) is 13.2 Å². The van der Waals surface area contributed by atoms with Crippen LogP contribution in [-0.4, -0.2) is 32.5 Å². The van der Waals surface area contributed by atoms with Gasteiger partial charge in [-0.1, -0.05) is 0 Å². The lowest BCUT2D eigenvalue weighted by molar-refractivity contribution is -0.135. The van der Waals surface area contributed by atoms with Crippen molar-refractivity contribution < 1.29 is 17.9 Å². The van der Waals surface area contributed by atoms with Crippen LogP contribution in [0.1, 0.15) is 39.0 Å². The fourth-order valence-corrected chi connectivity index (χ4v) is 1.43. The molecule has 0 rings (SSSR count). The Morgan fingerprint density at radius 1 is 1.19 bits per heavy atom. The summed E-state index contributed by atoms with van der Waals surface area (Å²) in [4.78, 5) is 0. The van der Waals surface area contributed by atoms with Crippen LogP contribution in [0, 0.1) is 0 Å². The minimum Gasteiger partial charge on any atom is -0.385 e. The van der Waals surface area contributed by atoms with E-state index < -0.39 is 12.6 Å². The second kappa shape index (κ2) is 8.82. The number of ether oxygens (including phenoxy) is 1. The summed E-state index contributed by atoms with van der Waals surface area (Å²) >= 11 is 0. The van der Waals surface area contributed by atoms with E-state index in [4.69, 9.17) is 4.74 Å². The first-order valence-corrected chi connectivity index (χ1v) is 5.75. The van der Waals surface area contributed by atoms with Gasteiger partial charge in [-0.3, -0.25) is 0 Å². The van der Waals surface area contributed by atoms with Crippen molar-refractivity contribution in [2.45, 2.75) is 51.2 Å². The zero-order chi connectivity index (χ0) is 12.4. The number of hydrogen-bond donors (Lipinski definition) is 1. The minimum atomic E-state index is -4.02. The number of methoxy groups -OCH3 is 1.